The molecule has 8 heavy (non-hydrogen) atoms. The zero-order valence-corrected chi connectivity index (χ0v) is 4.39. The van der Waals surface area contributed by atoms with E-state index in [1.165, 1.54) is 6.07 Å². The van der Waals surface area contributed by atoms with Crippen LogP contribution in [-0.2, 0) is 0 Å². The van der Waals surface area contributed by atoms with Crippen LogP contribution in [0.25, 0.3) is 0 Å². The minimum absolute atomic E-state index is 0.289. The lowest BCUT2D eigenvalue weighted by atomic mass is 10.2. The average Bonchev–Trinajstić information content (AvgIpc) is 1.86. The molecular weight excluding hydrogens is 98.1 g/mol. The maximum atomic E-state index is 7.05. The first kappa shape index (κ1) is 2.53. The number of anilines is 1. The second-order valence-corrected chi connectivity index (χ2v) is 1.63. The highest BCUT2D eigenvalue weighted by Crippen LogP contribution is 2.03. The van der Waals surface area contributed by atoms with E-state index in [-0.39, 0.29) is 5.56 Å². The van der Waals surface area contributed by atoms with Crippen LogP contribution in [0.5, 0.6) is 0 Å². The fourth-order valence-corrected chi connectivity index (χ4v) is 0.539. The molecule has 0 fully saturated rings. The minimum atomic E-state index is -2.05. The number of aryl methyl sites for hydroxylation is 1. The molecule has 0 radical (unpaired) electrons. The molecule has 0 aliphatic carbocycles. The van der Waals surface area contributed by atoms with Crippen LogP contribution in [0.4, 0.5) is 5.69 Å². The second-order valence-electron chi connectivity index (χ2n) is 1.63. The Morgan fingerprint density at radius 2 is 2.50 bits per heavy atom. The van der Waals surface area contributed by atoms with E-state index in [0.29, 0.717) is 5.69 Å². The maximum absolute atomic E-state index is 7.05. The molecule has 0 aromatic heterocycles. The lowest BCUT2D eigenvalue weighted by Crippen LogP contribution is -1.82. The van der Waals surface area contributed by atoms with Crippen molar-refractivity contribution < 1.29 is 4.11 Å². The van der Waals surface area contributed by atoms with Crippen LogP contribution in [0.3, 0.4) is 0 Å². The number of hydrogen-bond donors (Lipinski definition) is 1. The van der Waals surface area contributed by atoms with E-state index in [9.17, 15) is 0 Å². The number of nitrogen functional groups attached to an aromatic ring is 1. The Morgan fingerprint density at radius 3 is 3.00 bits per heavy atom. The highest BCUT2D eigenvalue weighted by atomic mass is 14.5. The molecule has 0 atom stereocenters. The fraction of sp³-hybridized carbons (Fsp3) is 0.143. The summed E-state index contributed by atoms with van der Waals surface area (Å²) in [6.07, 6.45) is 0. The molecule has 0 saturated carbocycles. The first-order valence-corrected chi connectivity index (χ1v) is 2.36. The van der Waals surface area contributed by atoms with E-state index in [4.69, 9.17) is 9.85 Å². The van der Waals surface area contributed by atoms with Gasteiger partial charge in [-0.15, -0.1) is 0 Å². The topological polar surface area (TPSA) is 26.0 Å². The van der Waals surface area contributed by atoms with Crippen molar-refractivity contribution >= 4 is 5.69 Å². The molecule has 0 amide bonds. The van der Waals surface area contributed by atoms with E-state index >= 15 is 0 Å². The van der Waals surface area contributed by atoms with Crippen molar-refractivity contribution in [3.05, 3.63) is 29.8 Å². The summed E-state index contributed by atoms with van der Waals surface area (Å²) in [6.45, 7) is -2.05. The standard InChI is InChI=1S/C7H9N/c1-6-3-2-4-7(8)5-6/h2-5H,8H2,1H3/i1D3. The van der Waals surface area contributed by atoms with Crippen molar-refractivity contribution in [2.24, 2.45) is 0 Å². The van der Waals surface area contributed by atoms with Gasteiger partial charge in [0.25, 0.3) is 0 Å². The predicted molar refractivity (Wildman–Crippen MR) is 35.6 cm³/mol. The molecule has 1 aromatic rings. The minimum Gasteiger partial charge on any atom is -0.399 e. The van der Waals surface area contributed by atoms with E-state index in [1.54, 1.807) is 18.2 Å². The van der Waals surface area contributed by atoms with Gasteiger partial charge in [-0.1, -0.05) is 12.1 Å². The van der Waals surface area contributed by atoms with E-state index in [2.05, 4.69) is 0 Å². The van der Waals surface area contributed by atoms with Crippen molar-refractivity contribution in [3.8, 4) is 0 Å². The first-order chi connectivity index (χ1) is 5.00. The van der Waals surface area contributed by atoms with Gasteiger partial charge >= 0.3 is 0 Å². The van der Waals surface area contributed by atoms with Crippen LogP contribution in [0.1, 0.15) is 9.68 Å². The molecule has 2 N–H and O–H groups in total. The Balaban J connectivity index is 3.06. The van der Waals surface area contributed by atoms with Crippen LogP contribution < -0.4 is 5.73 Å². The van der Waals surface area contributed by atoms with Gasteiger partial charge in [0.2, 0.25) is 0 Å². The number of nitrogens with two attached hydrogens (primary N) is 1. The van der Waals surface area contributed by atoms with Crippen molar-refractivity contribution in [1.29, 1.82) is 0 Å². The van der Waals surface area contributed by atoms with Crippen molar-refractivity contribution in [2.75, 3.05) is 5.73 Å². The highest BCUT2D eigenvalue weighted by Gasteiger charge is 1.81. The maximum Gasteiger partial charge on any atom is 0.0316 e. The van der Waals surface area contributed by atoms with Crippen LogP contribution in [0, 0.1) is 6.85 Å². The Morgan fingerprint density at radius 1 is 1.62 bits per heavy atom. The molecule has 0 spiro atoms. The summed E-state index contributed by atoms with van der Waals surface area (Å²) in [5, 5.41) is 0. The average molecular weight is 110 g/mol. The molecule has 0 aliphatic rings. The first-order valence-electron chi connectivity index (χ1n) is 3.86. The van der Waals surface area contributed by atoms with E-state index < -0.39 is 6.85 Å². The number of benzene rings is 1. The molecule has 0 heterocycles. The second kappa shape index (κ2) is 1.86. The SMILES string of the molecule is [2H]C([2H])([2H])c1cccc(N)c1. The van der Waals surface area contributed by atoms with Crippen LogP contribution in [-0.4, -0.2) is 0 Å². The fourth-order valence-electron chi connectivity index (χ4n) is 0.539. The summed E-state index contributed by atoms with van der Waals surface area (Å²) in [7, 11) is 0. The van der Waals surface area contributed by atoms with Gasteiger partial charge in [-0.05, 0) is 24.5 Å². The van der Waals surface area contributed by atoms with Gasteiger partial charge < -0.3 is 5.73 Å². The van der Waals surface area contributed by atoms with Crippen molar-refractivity contribution in [2.45, 2.75) is 6.85 Å². The highest BCUT2D eigenvalue weighted by molar-refractivity contribution is 5.39. The third-order valence-electron chi connectivity index (χ3n) is 0.887. The summed E-state index contributed by atoms with van der Waals surface area (Å²) >= 11 is 0. The zero-order valence-electron chi connectivity index (χ0n) is 7.39. The number of rotatable bonds is 0. The van der Waals surface area contributed by atoms with Crippen LogP contribution >= 0.6 is 0 Å². The Bertz CT molecular complexity index is 254. The van der Waals surface area contributed by atoms with Crippen molar-refractivity contribution in [3.63, 3.8) is 0 Å². The Kier molecular flexibility index (Phi) is 0.591. The van der Waals surface area contributed by atoms with Gasteiger partial charge in [0.05, 0.1) is 0 Å². The third-order valence-corrected chi connectivity index (χ3v) is 0.887. The molecule has 1 nitrogen and oxygen atoms in total. The monoisotopic (exact) mass is 110 g/mol. The van der Waals surface area contributed by atoms with Gasteiger partial charge in [0.1, 0.15) is 0 Å². The smallest absolute Gasteiger partial charge is 0.0316 e. The van der Waals surface area contributed by atoms with Gasteiger partial charge in [-0.2, -0.15) is 0 Å². The third kappa shape index (κ3) is 0.997. The van der Waals surface area contributed by atoms with Gasteiger partial charge in [0.15, 0.2) is 0 Å². The quantitative estimate of drug-likeness (QED) is 0.504. The summed E-state index contributed by atoms with van der Waals surface area (Å²) in [5.41, 5.74) is 6.18. The lowest BCUT2D eigenvalue weighted by molar-refractivity contribution is 1.47. The summed E-state index contributed by atoms with van der Waals surface area (Å²) in [4.78, 5) is 0. The largest absolute Gasteiger partial charge is 0.399 e. The normalized spacial score (nSPS) is 16.2. The summed E-state index contributed by atoms with van der Waals surface area (Å²) < 4.78 is 21.1. The Hall–Kier alpha value is -0.980. The Labute approximate surface area is 53.4 Å². The molecule has 0 aliphatic heterocycles. The van der Waals surface area contributed by atoms with Gasteiger partial charge in [0, 0.05) is 9.80 Å². The molecule has 1 rings (SSSR count). The summed E-state index contributed by atoms with van der Waals surface area (Å²) in [5.74, 6) is 0. The molecule has 0 unspecified atom stereocenters. The lowest BCUT2D eigenvalue weighted by Gasteiger charge is -1.91. The zero-order chi connectivity index (χ0) is 8.48. The predicted octanol–water partition coefficient (Wildman–Crippen LogP) is 1.58. The number of hydrogen-bond acceptors (Lipinski definition) is 1. The summed E-state index contributed by atoms with van der Waals surface area (Å²) in [6, 6.07) is 6.31. The van der Waals surface area contributed by atoms with Gasteiger partial charge in [-0.3, -0.25) is 0 Å². The molecule has 0 bridgehead atoms. The van der Waals surface area contributed by atoms with Crippen molar-refractivity contribution in [1.82, 2.24) is 0 Å². The van der Waals surface area contributed by atoms with E-state index in [1.807, 2.05) is 0 Å². The van der Waals surface area contributed by atoms with Gasteiger partial charge in [-0.25, -0.2) is 0 Å². The molecule has 0 saturated heterocycles. The molecular formula is C7H9N. The molecule has 1 heteroatoms. The van der Waals surface area contributed by atoms with Crippen LogP contribution in [0.15, 0.2) is 24.3 Å². The van der Waals surface area contributed by atoms with Crippen LogP contribution in [0.2, 0.25) is 0 Å². The molecule has 1 aromatic carbocycles. The molecule has 42 valence electrons. The van der Waals surface area contributed by atoms with E-state index in [0.717, 1.165) is 0 Å².